The van der Waals surface area contributed by atoms with E-state index in [1.165, 1.54) is 0 Å². The molecule has 1 heterocycles. The molecule has 0 aromatic heterocycles. The predicted octanol–water partition coefficient (Wildman–Crippen LogP) is 1.78. The number of hydrogen-bond donors (Lipinski definition) is 3. The highest BCUT2D eigenvalue weighted by molar-refractivity contribution is 5.93. The van der Waals surface area contributed by atoms with Gasteiger partial charge in [0.25, 0.3) is 0 Å². The topological polar surface area (TPSA) is 61.4 Å². The quantitative estimate of drug-likeness (QED) is 0.775. The summed E-state index contributed by atoms with van der Waals surface area (Å²) in [5.41, 5.74) is 2.20. The van der Waals surface area contributed by atoms with Crippen LogP contribution in [0.15, 0.2) is 18.2 Å². The van der Waals surface area contributed by atoms with E-state index in [2.05, 4.69) is 24.5 Å². The number of rotatable bonds is 4. The van der Waals surface area contributed by atoms with Gasteiger partial charge in [0.15, 0.2) is 0 Å². The molecule has 1 aromatic carbocycles. The van der Waals surface area contributed by atoms with E-state index in [9.17, 15) is 9.90 Å². The molecule has 4 heteroatoms. The van der Waals surface area contributed by atoms with Gasteiger partial charge in [-0.05, 0) is 24.0 Å². The molecule has 0 radical (unpaired) electrons. The highest BCUT2D eigenvalue weighted by Gasteiger charge is 2.36. The van der Waals surface area contributed by atoms with Crippen LogP contribution in [0.25, 0.3) is 0 Å². The molecule has 0 bridgehead atoms. The van der Waals surface area contributed by atoms with E-state index in [-0.39, 0.29) is 12.3 Å². The smallest absolute Gasteiger partial charge is 0.227 e. The molecule has 19 heavy (non-hydrogen) atoms. The van der Waals surface area contributed by atoms with Crippen LogP contribution in [0.1, 0.15) is 37.3 Å². The van der Waals surface area contributed by atoms with Crippen molar-refractivity contribution in [1.29, 1.82) is 0 Å². The van der Waals surface area contributed by atoms with Gasteiger partial charge in [-0.25, -0.2) is 0 Å². The molecule has 0 aliphatic carbocycles. The van der Waals surface area contributed by atoms with Gasteiger partial charge in [-0.2, -0.15) is 0 Å². The molecule has 3 N–H and O–H groups in total. The Morgan fingerprint density at radius 2 is 2.16 bits per heavy atom. The summed E-state index contributed by atoms with van der Waals surface area (Å²) >= 11 is 0. The third-order valence-electron chi connectivity index (χ3n) is 3.59. The number of carbonyl (C=O) groups excluding carboxylic acids is 1. The lowest BCUT2D eigenvalue weighted by Gasteiger charge is -2.37. The Hall–Kier alpha value is -1.39. The summed E-state index contributed by atoms with van der Waals surface area (Å²) in [4.78, 5) is 12.0. The van der Waals surface area contributed by atoms with Crippen LogP contribution in [0.3, 0.4) is 0 Å². The van der Waals surface area contributed by atoms with Crippen molar-refractivity contribution in [3.05, 3.63) is 29.3 Å². The van der Waals surface area contributed by atoms with E-state index < -0.39 is 5.60 Å². The highest BCUT2D eigenvalue weighted by atomic mass is 16.3. The van der Waals surface area contributed by atoms with Crippen LogP contribution in [-0.2, 0) is 4.79 Å². The third-order valence-corrected chi connectivity index (χ3v) is 3.59. The van der Waals surface area contributed by atoms with Crippen molar-refractivity contribution in [2.24, 2.45) is 0 Å². The van der Waals surface area contributed by atoms with Crippen LogP contribution in [0.4, 0.5) is 5.69 Å². The third kappa shape index (κ3) is 3.14. The van der Waals surface area contributed by atoms with E-state index in [0.29, 0.717) is 19.0 Å². The second-order valence-electron chi connectivity index (χ2n) is 5.75. The van der Waals surface area contributed by atoms with Gasteiger partial charge in [0.2, 0.25) is 5.91 Å². The summed E-state index contributed by atoms with van der Waals surface area (Å²) in [6.45, 7) is 7.18. The van der Waals surface area contributed by atoms with Gasteiger partial charge in [0.05, 0.1) is 12.0 Å². The van der Waals surface area contributed by atoms with Crippen LogP contribution in [0.5, 0.6) is 0 Å². The largest absolute Gasteiger partial charge is 0.387 e. The average molecular weight is 262 g/mol. The van der Waals surface area contributed by atoms with Crippen molar-refractivity contribution in [2.75, 3.05) is 18.4 Å². The number of amides is 1. The standard InChI is InChI=1S/C15H22N2O2/c1-10(2)12-6-4-5-11(3)14(12)17-13(18)7-15(19)8-16-9-15/h4-6,10,16,19H,7-9H2,1-3H3,(H,17,18). The first-order valence-corrected chi connectivity index (χ1v) is 6.74. The lowest BCUT2D eigenvalue weighted by molar-refractivity contribution is -0.123. The first-order valence-electron chi connectivity index (χ1n) is 6.74. The molecule has 1 aromatic rings. The van der Waals surface area contributed by atoms with Crippen molar-refractivity contribution >= 4 is 11.6 Å². The summed E-state index contributed by atoms with van der Waals surface area (Å²) in [6.07, 6.45) is 0.145. The normalized spacial score (nSPS) is 17.1. The predicted molar refractivity (Wildman–Crippen MR) is 76.3 cm³/mol. The zero-order chi connectivity index (χ0) is 14.0. The van der Waals surface area contributed by atoms with E-state index in [1.54, 1.807) is 0 Å². The van der Waals surface area contributed by atoms with Crippen molar-refractivity contribution in [3.63, 3.8) is 0 Å². The van der Waals surface area contributed by atoms with Crippen LogP contribution < -0.4 is 10.6 Å². The maximum absolute atomic E-state index is 12.0. The van der Waals surface area contributed by atoms with Gasteiger partial charge < -0.3 is 15.7 Å². The zero-order valence-electron chi connectivity index (χ0n) is 11.8. The number of aryl methyl sites for hydroxylation is 1. The van der Waals surface area contributed by atoms with Gasteiger partial charge in [-0.15, -0.1) is 0 Å². The number of anilines is 1. The molecule has 1 aliphatic rings. The molecular formula is C15H22N2O2. The molecule has 0 unspecified atom stereocenters. The fraction of sp³-hybridized carbons (Fsp3) is 0.533. The van der Waals surface area contributed by atoms with Gasteiger partial charge >= 0.3 is 0 Å². The minimum absolute atomic E-state index is 0.125. The summed E-state index contributed by atoms with van der Waals surface area (Å²) in [6, 6.07) is 6.03. The molecule has 1 fully saturated rings. The van der Waals surface area contributed by atoms with Crippen molar-refractivity contribution in [2.45, 2.75) is 38.7 Å². The van der Waals surface area contributed by atoms with E-state index >= 15 is 0 Å². The lowest BCUT2D eigenvalue weighted by Crippen LogP contribution is -2.60. The minimum atomic E-state index is -0.870. The molecule has 1 saturated heterocycles. The summed E-state index contributed by atoms with van der Waals surface area (Å²) in [5.74, 6) is 0.226. The molecule has 104 valence electrons. The Bertz CT molecular complexity index is 479. The van der Waals surface area contributed by atoms with Gasteiger partial charge in [0, 0.05) is 18.8 Å². The number of hydrogen-bond acceptors (Lipinski definition) is 3. The number of nitrogens with one attached hydrogen (secondary N) is 2. The van der Waals surface area contributed by atoms with E-state index in [0.717, 1.165) is 16.8 Å². The number of benzene rings is 1. The molecule has 2 rings (SSSR count). The van der Waals surface area contributed by atoms with Crippen LogP contribution in [-0.4, -0.2) is 29.7 Å². The summed E-state index contributed by atoms with van der Waals surface area (Å²) < 4.78 is 0. The number of para-hydroxylation sites is 1. The second kappa shape index (κ2) is 5.31. The fourth-order valence-electron chi connectivity index (χ4n) is 2.36. The molecular weight excluding hydrogens is 240 g/mol. The molecule has 0 saturated carbocycles. The van der Waals surface area contributed by atoms with Crippen LogP contribution >= 0.6 is 0 Å². The molecule has 4 nitrogen and oxygen atoms in total. The molecule has 1 amide bonds. The minimum Gasteiger partial charge on any atom is -0.387 e. The van der Waals surface area contributed by atoms with Crippen molar-refractivity contribution in [3.8, 4) is 0 Å². The van der Waals surface area contributed by atoms with E-state index in [1.807, 2.05) is 25.1 Å². The Labute approximate surface area is 114 Å². The summed E-state index contributed by atoms with van der Waals surface area (Å²) in [7, 11) is 0. The van der Waals surface area contributed by atoms with Crippen molar-refractivity contribution in [1.82, 2.24) is 5.32 Å². The Balaban J connectivity index is 2.12. The maximum Gasteiger partial charge on any atom is 0.227 e. The Morgan fingerprint density at radius 3 is 2.68 bits per heavy atom. The molecule has 0 atom stereocenters. The number of carbonyl (C=O) groups is 1. The second-order valence-corrected chi connectivity index (χ2v) is 5.75. The van der Waals surface area contributed by atoms with Crippen LogP contribution in [0, 0.1) is 6.92 Å². The Morgan fingerprint density at radius 1 is 1.47 bits per heavy atom. The van der Waals surface area contributed by atoms with Crippen molar-refractivity contribution < 1.29 is 9.90 Å². The SMILES string of the molecule is Cc1cccc(C(C)C)c1NC(=O)CC1(O)CNC1. The fourth-order valence-corrected chi connectivity index (χ4v) is 2.36. The monoisotopic (exact) mass is 262 g/mol. The first kappa shape index (κ1) is 14.0. The van der Waals surface area contributed by atoms with Gasteiger partial charge in [-0.3, -0.25) is 4.79 Å². The zero-order valence-corrected chi connectivity index (χ0v) is 11.8. The highest BCUT2D eigenvalue weighted by Crippen LogP contribution is 2.28. The lowest BCUT2D eigenvalue weighted by atomic mass is 9.92. The number of β-amino-alcohol motifs (C(OH)–C–C–N with tert-alkyl or cyclic N) is 1. The Kier molecular flexibility index (Phi) is 3.92. The number of aliphatic hydroxyl groups is 1. The first-order chi connectivity index (χ1) is 8.91. The maximum atomic E-state index is 12.0. The average Bonchev–Trinajstić information content (AvgIpc) is 2.29. The van der Waals surface area contributed by atoms with Crippen LogP contribution in [0.2, 0.25) is 0 Å². The van der Waals surface area contributed by atoms with Gasteiger partial charge in [0.1, 0.15) is 0 Å². The molecule has 0 spiro atoms. The summed E-state index contributed by atoms with van der Waals surface area (Å²) in [5, 5.41) is 15.9. The van der Waals surface area contributed by atoms with Gasteiger partial charge in [-0.1, -0.05) is 32.0 Å². The van der Waals surface area contributed by atoms with E-state index in [4.69, 9.17) is 0 Å². The molecule has 1 aliphatic heterocycles.